The Morgan fingerprint density at radius 1 is 1.39 bits per heavy atom. The van der Waals surface area contributed by atoms with Gasteiger partial charge in [0.1, 0.15) is 5.75 Å². The number of ether oxygens (including phenoxy) is 1. The summed E-state index contributed by atoms with van der Waals surface area (Å²) < 4.78 is 28.3. The van der Waals surface area contributed by atoms with Gasteiger partial charge in [0.15, 0.2) is 0 Å². The maximum absolute atomic E-state index is 12.0. The van der Waals surface area contributed by atoms with Crippen molar-refractivity contribution in [3.63, 3.8) is 0 Å². The number of H-pyrrole nitrogens is 1. The Labute approximate surface area is 135 Å². The van der Waals surface area contributed by atoms with Gasteiger partial charge in [0.2, 0.25) is 17.0 Å². The average Bonchev–Trinajstić information content (AvgIpc) is 2.92. The second-order valence-electron chi connectivity index (χ2n) is 4.41. The predicted octanol–water partition coefficient (Wildman–Crippen LogP) is 1.44. The van der Waals surface area contributed by atoms with E-state index < -0.39 is 6.61 Å². The molecule has 2 rings (SSSR count). The van der Waals surface area contributed by atoms with E-state index in [2.05, 4.69) is 25.2 Å². The first-order chi connectivity index (χ1) is 11.0. The van der Waals surface area contributed by atoms with E-state index in [1.807, 2.05) is 0 Å². The van der Waals surface area contributed by atoms with Crippen molar-refractivity contribution in [3.8, 4) is 5.75 Å². The lowest BCUT2D eigenvalue weighted by molar-refractivity contribution is -0.118. The van der Waals surface area contributed by atoms with E-state index in [1.165, 1.54) is 23.9 Å². The van der Waals surface area contributed by atoms with Gasteiger partial charge in [-0.1, -0.05) is 23.9 Å². The van der Waals surface area contributed by atoms with Gasteiger partial charge in [-0.05, 0) is 24.1 Å². The largest absolute Gasteiger partial charge is 0.435 e. The Bertz CT molecular complexity index is 636. The molecule has 0 saturated heterocycles. The molecule has 1 aromatic carbocycles. The third kappa shape index (κ3) is 6.10. The number of carbonyl (C=O) groups excluding carboxylic acids is 1. The number of carbonyl (C=O) groups is 1. The number of nitrogens with two attached hydrogens (primary N) is 1. The Morgan fingerprint density at radius 2 is 2.13 bits per heavy atom. The number of nitrogens with zero attached hydrogens (tertiary/aromatic N) is 2. The third-order valence-corrected chi connectivity index (χ3v) is 3.55. The topological polar surface area (TPSA) is 106 Å². The quantitative estimate of drug-likeness (QED) is 0.626. The molecule has 0 fully saturated rings. The summed E-state index contributed by atoms with van der Waals surface area (Å²) in [7, 11) is 0. The van der Waals surface area contributed by atoms with Crippen molar-refractivity contribution < 1.29 is 18.3 Å². The normalized spacial score (nSPS) is 10.7. The molecule has 1 heterocycles. The second-order valence-corrected chi connectivity index (χ2v) is 5.36. The van der Waals surface area contributed by atoms with Crippen LogP contribution < -0.4 is 15.8 Å². The van der Waals surface area contributed by atoms with Crippen molar-refractivity contribution in [1.29, 1.82) is 0 Å². The number of alkyl halides is 2. The summed E-state index contributed by atoms with van der Waals surface area (Å²) >= 11 is 1.17. The van der Waals surface area contributed by atoms with Crippen LogP contribution in [0.2, 0.25) is 0 Å². The van der Waals surface area contributed by atoms with E-state index in [0.29, 0.717) is 18.1 Å². The fourth-order valence-corrected chi connectivity index (χ4v) is 2.32. The van der Waals surface area contributed by atoms with Crippen molar-refractivity contribution in [2.45, 2.75) is 18.2 Å². The summed E-state index contributed by atoms with van der Waals surface area (Å²) in [6, 6.07) is 6.28. The molecule has 0 aliphatic carbocycles. The minimum absolute atomic E-state index is 0.106. The SMILES string of the molecule is Nc1nc(SCC(=O)NCCc2ccc(OC(F)F)cc2)n[nH]1. The van der Waals surface area contributed by atoms with Crippen LogP contribution in [-0.2, 0) is 11.2 Å². The van der Waals surface area contributed by atoms with E-state index in [9.17, 15) is 13.6 Å². The van der Waals surface area contributed by atoms with Gasteiger partial charge in [0.05, 0.1) is 5.75 Å². The average molecular weight is 343 g/mol. The predicted molar refractivity (Wildman–Crippen MR) is 81.3 cm³/mol. The standard InChI is InChI=1S/C13H15F2N5O2S/c14-11(15)22-9-3-1-8(2-4-9)5-6-17-10(21)7-23-13-18-12(16)19-20-13/h1-4,11H,5-7H2,(H,17,21)(H3,16,18,19,20). The van der Waals surface area contributed by atoms with Gasteiger partial charge in [0.25, 0.3) is 0 Å². The summed E-state index contributed by atoms with van der Waals surface area (Å²) in [4.78, 5) is 15.5. The van der Waals surface area contributed by atoms with Crippen molar-refractivity contribution in [2.75, 3.05) is 18.0 Å². The number of halogens is 2. The second kappa shape index (κ2) is 8.32. The van der Waals surface area contributed by atoms with E-state index >= 15 is 0 Å². The first kappa shape index (κ1) is 17.0. The fraction of sp³-hybridized carbons (Fsp3) is 0.308. The van der Waals surface area contributed by atoms with Crippen molar-refractivity contribution in [2.24, 2.45) is 0 Å². The summed E-state index contributed by atoms with van der Waals surface area (Å²) in [5.41, 5.74) is 6.28. The van der Waals surface area contributed by atoms with Crippen LogP contribution in [0.4, 0.5) is 14.7 Å². The maximum atomic E-state index is 12.0. The number of aromatic amines is 1. The van der Waals surface area contributed by atoms with Crippen molar-refractivity contribution in [3.05, 3.63) is 29.8 Å². The number of nitrogen functional groups attached to an aromatic ring is 1. The zero-order chi connectivity index (χ0) is 16.7. The minimum atomic E-state index is -2.84. The highest BCUT2D eigenvalue weighted by Gasteiger charge is 2.07. The van der Waals surface area contributed by atoms with Crippen LogP contribution in [0.25, 0.3) is 0 Å². The van der Waals surface area contributed by atoms with Gasteiger partial charge in [-0.3, -0.25) is 4.79 Å². The van der Waals surface area contributed by atoms with Gasteiger partial charge in [0, 0.05) is 6.54 Å². The highest BCUT2D eigenvalue weighted by Crippen LogP contribution is 2.15. The molecule has 1 amide bonds. The number of benzene rings is 1. The van der Waals surface area contributed by atoms with Gasteiger partial charge in [-0.25, -0.2) is 5.10 Å². The highest BCUT2D eigenvalue weighted by molar-refractivity contribution is 7.99. The first-order valence-corrected chi connectivity index (χ1v) is 7.62. The molecule has 0 aliphatic heterocycles. The monoisotopic (exact) mass is 343 g/mol. The Balaban J connectivity index is 1.66. The van der Waals surface area contributed by atoms with Gasteiger partial charge in [-0.15, -0.1) is 5.10 Å². The number of hydrogen-bond donors (Lipinski definition) is 3. The van der Waals surface area contributed by atoms with Crippen LogP contribution in [0.5, 0.6) is 5.75 Å². The molecule has 0 atom stereocenters. The van der Waals surface area contributed by atoms with Crippen LogP contribution in [0.15, 0.2) is 29.4 Å². The molecule has 10 heteroatoms. The Hall–Kier alpha value is -2.36. The van der Waals surface area contributed by atoms with Crippen LogP contribution in [-0.4, -0.2) is 40.0 Å². The molecule has 4 N–H and O–H groups in total. The zero-order valence-corrected chi connectivity index (χ0v) is 12.8. The lowest BCUT2D eigenvalue weighted by Gasteiger charge is -2.07. The lowest BCUT2D eigenvalue weighted by atomic mass is 10.1. The number of nitrogens with one attached hydrogen (secondary N) is 2. The molecule has 0 radical (unpaired) electrons. The molecule has 0 spiro atoms. The number of amides is 1. The van der Waals surface area contributed by atoms with Gasteiger partial charge < -0.3 is 15.8 Å². The summed E-state index contributed by atoms with van der Waals surface area (Å²) in [5, 5.41) is 9.44. The molecule has 2 aromatic rings. The molecule has 0 bridgehead atoms. The van der Waals surface area contributed by atoms with Crippen LogP contribution in [0.3, 0.4) is 0 Å². The minimum Gasteiger partial charge on any atom is -0.435 e. The number of anilines is 1. The van der Waals surface area contributed by atoms with Crippen molar-refractivity contribution in [1.82, 2.24) is 20.5 Å². The molecule has 0 unspecified atom stereocenters. The van der Waals surface area contributed by atoms with Crippen LogP contribution in [0, 0.1) is 0 Å². The molecule has 0 saturated carbocycles. The smallest absolute Gasteiger partial charge is 0.387 e. The van der Waals surface area contributed by atoms with E-state index in [0.717, 1.165) is 5.56 Å². The van der Waals surface area contributed by atoms with Crippen LogP contribution in [0.1, 0.15) is 5.56 Å². The third-order valence-electron chi connectivity index (χ3n) is 2.70. The molecular weight excluding hydrogens is 328 g/mol. The number of thioether (sulfide) groups is 1. The van der Waals surface area contributed by atoms with E-state index in [1.54, 1.807) is 12.1 Å². The van der Waals surface area contributed by atoms with Gasteiger partial charge >= 0.3 is 6.61 Å². The van der Waals surface area contributed by atoms with E-state index in [-0.39, 0.29) is 23.4 Å². The van der Waals surface area contributed by atoms with Crippen LogP contribution >= 0.6 is 11.8 Å². The molecule has 23 heavy (non-hydrogen) atoms. The van der Waals surface area contributed by atoms with Gasteiger partial charge in [-0.2, -0.15) is 13.8 Å². The number of hydrogen-bond acceptors (Lipinski definition) is 6. The lowest BCUT2D eigenvalue weighted by Crippen LogP contribution is -2.27. The maximum Gasteiger partial charge on any atom is 0.387 e. The molecule has 1 aromatic heterocycles. The highest BCUT2D eigenvalue weighted by atomic mass is 32.2. The fourth-order valence-electron chi connectivity index (χ4n) is 1.69. The first-order valence-electron chi connectivity index (χ1n) is 6.64. The summed E-state index contributed by atoms with van der Waals surface area (Å²) in [6.45, 7) is -2.40. The molecule has 7 nitrogen and oxygen atoms in total. The summed E-state index contributed by atoms with van der Waals surface area (Å²) in [5.74, 6) is 0.330. The van der Waals surface area contributed by atoms with E-state index in [4.69, 9.17) is 5.73 Å². The Kier molecular flexibility index (Phi) is 6.15. The molecule has 0 aliphatic rings. The number of rotatable bonds is 8. The Morgan fingerprint density at radius 3 is 2.74 bits per heavy atom. The molecular formula is C13H15F2N5O2S. The van der Waals surface area contributed by atoms with Crippen molar-refractivity contribution >= 4 is 23.6 Å². The molecule has 124 valence electrons. The number of aromatic nitrogens is 3. The summed E-state index contributed by atoms with van der Waals surface area (Å²) in [6.07, 6.45) is 0.582. The zero-order valence-electron chi connectivity index (χ0n) is 12.0.